The van der Waals surface area contributed by atoms with Crippen molar-refractivity contribution in [2.45, 2.75) is 13.5 Å². The SMILES string of the molecule is COc1cc(CNc2ccc(F)c(Cl)c2)ccc1OCC(=O)Nc1cccc(C)c1. The van der Waals surface area contributed by atoms with Crippen LogP contribution >= 0.6 is 11.6 Å². The van der Waals surface area contributed by atoms with Gasteiger partial charge in [0.05, 0.1) is 12.1 Å². The third kappa shape index (κ3) is 5.87. The van der Waals surface area contributed by atoms with Crippen LogP contribution in [0, 0.1) is 12.7 Å². The van der Waals surface area contributed by atoms with Crippen LogP contribution in [-0.2, 0) is 11.3 Å². The molecule has 2 N–H and O–H groups in total. The minimum atomic E-state index is -0.461. The highest BCUT2D eigenvalue weighted by molar-refractivity contribution is 6.31. The summed E-state index contributed by atoms with van der Waals surface area (Å²) < 4.78 is 24.3. The molecule has 0 saturated heterocycles. The van der Waals surface area contributed by atoms with E-state index in [4.69, 9.17) is 21.1 Å². The molecule has 156 valence electrons. The lowest BCUT2D eigenvalue weighted by Crippen LogP contribution is -2.20. The lowest BCUT2D eigenvalue weighted by atomic mass is 10.2. The fourth-order valence-electron chi connectivity index (χ4n) is 2.81. The van der Waals surface area contributed by atoms with Crippen LogP contribution in [0.4, 0.5) is 15.8 Å². The topological polar surface area (TPSA) is 59.6 Å². The van der Waals surface area contributed by atoms with Crippen LogP contribution in [0.3, 0.4) is 0 Å². The standard InChI is InChI=1S/C23H22ClFN2O3/c1-15-4-3-5-18(10-15)27-23(28)14-30-21-9-6-16(11-22(21)29-2)13-26-17-7-8-20(25)19(24)12-17/h3-12,26H,13-14H2,1-2H3,(H,27,28). The summed E-state index contributed by atoms with van der Waals surface area (Å²) in [5, 5.41) is 6.03. The number of halogens is 2. The van der Waals surface area contributed by atoms with Crippen molar-refractivity contribution in [3.63, 3.8) is 0 Å². The normalized spacial score (nSPS) is 10.4. The summed E-state index contributed by atoms with van der Waals surface area (Å²) in [5.74, 6) is 0.249. The molecule has 7 heteroatoms. The van der Waals surface area contributed by atoms with Gasteiger partial charge in [-0.3, -0.25) is 4.79 Å². The van der Waals surface area contributed by atoms with Gasteiger partial charge in [0, 0.05) is 17.9 Å². The number of benzene rings is 3. The number of hydrogen-bond acceptors (Lipinski definition) is 4. The number of rotatable bonds is 8. The van der Waals surface area contributed by atoms with Gasteiger partial charge in [0.15, 0.2) is 18.1 Å². The number of nitrogens with one attached hydrogen (secondary N) is 2. The monoisotopic (exact) mass is 428 g/mol. The van der Waals surface area contributed by atoms with Gasteiger partial charge in [-0.2, -0.15) is 0 Å². The molecule has 0 aliphatic rings. The molecular formula is C23H22ClFN2O3. The Labute approximate surface area is 179 Å². The van der Waals surface area contributed by atoms with Crippen LogP contribution in [0.25, 0.3) is 0 Å². The molecule has 3 rings (SSSR count). The summed E-state index contributed by atoms with van der Waals surface area (Å²) in [5.41, 5.74) is 3.40. The maximum Gasteiger partial charge on any atom is 0.262 e. The maximum absolute atomic E-state index is 13.3. The summed E-state index contributed by atoms with van der Waals surface area (Å²) >= 11 is 5.80. The van der Waals surface area contributed by atoms with Crippen molar-refractivity contribution in [2.24, 2.45) is 0 Å². The predicted octanol–water partition coefficient (Wildman–Crippen LogP) is 5.43. The van der Waals surface area contributed by atoms with Crippen LogP contribution in [0.1, 0.15) is 11.1 Å². The number of carbonyl (C=O) groups is 1. The highest BCUT2D eigenvalue weighted by atomic mass is 35.5. The van der Waals surface area contributed by atoms with Gasteiger partial charge >= 0.3 is 0 Å². The molecule has 1 amide bonds. The van der Waals surface area contributed by atoms with Crippen molar-refractivity contribution in [1.82, 2.24) is 0 Å². The Bertz CT molecular complexity index is 1040. The van der Waals surface area contributed by atoms with Crippen molar-refractivity contribution < 1.29 is 18.7 Å². The molecule has 3 aromatic carbocycles. The largest absolute Gasteiger partial charge is 0.493 e. The molecule has 30 heavy (non-hydrogen) atoms. The third-order valence-corrected chi connectivity index (χ3v) is 4.59. The van der Waals surface area contributed by atoms with Gasteiger partial charge in [0.1, 0.15) is 5.82 Å². The lowest BCUT2D eigenvalue weighted by molar-refractivity contribution is -0.118. The van der Waals surface area contributed by atoms with Crippen LogP contribution in [-0.4, -0.2) is 19.6 Å². The summed E-state index contributed by atoms with van der Waals surface area (Å²) in [6, 6.07) is 17.4. The van der Waals surface area contributed by atoms with E-state index in [9.17, 15) is 9.18 Å². The Morgan fingerprint density at radius 1 is 1.03 bits per heavy atom. The average molecular weight is 429 g/mol. The first-order valence-electron chi connectivity index (χ1n) is 9.30. The van der Waals surface area contributed by atoms with Crippen molar-refractivity contribution in [3.05, 3.63) is 82.6 Å². The number of anilines is 2. The maximum atomic E-state index is 13.3. The summed E-state index contributed by atoms with van der Waals surface area (Å²) in [7, 11) is 1.53. The molecule has 0 radical (unpaired) electrons. The molecule has 5 nitrogen and oxygen atoms in total. The van der Waals surface area contributed by atoms with E-state index in [0.29, 0.717) is 23.7 Å². The molecule has 0 saturated carbocycles. The van der Waals surface area contributed by atoms with Crippen LogP contribution in [0.15, 0.2) is 60.7 Å². The first kappa shape index (κ1) is 21.5. The Morgan fingerprint density at radius 3 is 2.60 bits per heavy atom. The number of hydrogen-bond donors (Lipinski definition) is 2. The molecule has 0 atom stereocenters. The van der Waals surface area contributed by atoms with Crippen molar-refractivity contribution in [1.29, 1.82) is 0 Å². The molecule has 0 aliphatic carbocycles. The third-order valence-electron chi connectivity index (χ3n) is 4.30. The second-order valence-electron chi connectivity index (χ2n) is 6.67. The number of carbonyl (C=O) groups excluding carboxylic acids is 1. The summed E-state index contributed by atoms with van der Waals surface area (Å²) in [6.07, 6.45) is 0. The summed E-state index contributed by atoms with van der Waals surface area (Å²) in [4.78, 5) is 12.2. The van der Waals surface area contributed by atoms with Crippen LogP contribution in [0.2, 0.25) is 5.02 Å². The van der Waals surface area contributed by atoms with Gasteiger partial charge in [-0.1, -0.05) is 29.8 Å². The van der Waals surface area contributed by atoms with E-state index in [1.54, 1.807) is 12.1 Å². The van der Waals surface area contributed by atoms with Gasteiger partial charge in [0.25, 0.3) is 5.91 Å². The van der Waals surface area contributed by atoms with Crippen molar-refractivity contribution in [2.75, 3.05) is 24.4 Å². The smallest absolute Gasteiger partial charge is 0.262 e. The number of aryl methyl sites for hydroxylation is 1. The van der Waals surface area contributed by atoms with E-state index >= 15 is 0 Å². The Morgan fingerprint density at radius 2 is 1.87 bits per heavy atom. The number of ether oxygens (including phenoxy) is 2. The minimum absolute atomic E-state index is 0.0604. The quantitative estimate of drug-likeness (QED) is 0.502. The Hall–Kier alpha value is -3.25. The number of amides is 1. The minimum Gasteiger partial charge on any atom is -0.493 e. The highest BCUT2D eigenvalue weighted by Crippen LogP contribution is 2.29. The molecular weight excluding hydrogens is 407 g/mol. The number of methoxy groups -OCH3 is 1. The van der Waals surface area contributed by atoms with Crippen molar-refractivity contribution in [3.8, 4) is 11.5 Å². The highest BCUT2D eigenvalue weighted by Gasteiger charge is 2.10. The second kappa shape index (κ2) is 9.98. The van der Waals surface area contributed by atoms with Crippen molar-refractivity contribution >= 4 is 28.9 Å². The van der Waals surface area contributed by atoms with E-state index in [0.717, 1.165) is 16.8 Å². The molecule has 0 aliphatic heterocycles. The van der Waals surface area contributed by atoms with E-state index in [2.05, 4.69) is 10.6 Å². The van der Waals surface area contributed by atoms with E-state index < -0.39 is 5.82 Å². The molecule has 3 aromatic rings. The lowest BCUT2D eigenvalue weighted by Gasteiger charge is -2.13. The molecule has 0 heterocycles. The van der Waals surface area contributed by atoms with Gasteiger partial charge in [-0.15, -0.1) is 0 Å². The Balaban J connectivity index is 1.58. The predicted molar refractivity (Wildman–Crippen MR) is 117 cm³/mol. The van der Waals surface area contributed by atoms with E-state index in [-0.39, 0.29) is 17.5 Å². The van der Waals surface area contributed by atoms with E-state index in [1.807, 2.05) is 43.3 Å². The molecule has 0 bridgehead atoms. The van der Waals surface area contributed by atoms with Crippen LogP contribution in [0.5, 0.6) is 11.5 Å². The zero-order valence-electron chi connectivity index (χ0n) is 16.7. The van der Waals surface area contributed by atoms with Gasteiger partial charge in [0.2, 0.25) is 0 Å². The van der Waals surface area contributed by atoms with Gasteiger partial charge in [-0.05, 0) is 60.5 Å². The molecule has 0 spiro atoms. The molecule has 0 fully saturated rings. The average Bonchev–Trinajstić information content (AvgIpc) is 2.73. The summed E-state index contributed by atoms with van der Waals surface area (Å²) in [6.45, 7) is 2.29. The van der Waals surface area contributed by atoms with E-state index in [1.165, 1.54) is 19.2 Å². The zero-order valence-corrected chi connectivity index (χ0v) is 17.4. The molecule has 0 aromatic heterocycles. The first-order valence-corrected chi connectivity index (χ1v) is 9.67. The van der Waals surface area contributed by atoms with Gasteiger partial charge in [-0.25, -0.2) is 4.39 Å². The Kier molecular flexibility index (Phi) is 7.14. The van der Waals surface area contributed by atoms with Gasteiger partial charge < -0.3 is 20.1 Å². The van der Waals surface area contributed by atoms with Crippen LogP contribution < -0.4 is 20.1 Å². The molecule has 0 unspecified atom stereocenters. The zero-order chi connectivity index (χ0) is 21.5. The fourth-order valence-corrected chi connectivity index (χ4v) is 3.00. The first-order chi connectivity index (χ1) is 14.4. The fraction of sp³-hybridized carbons (Fsp3) is 0.174. The second-order valence-corrected chi connectivity index (χ2v) is 7.08.